The van der Waals surface area contributed by atoms with Crippen molar-refractivity contribution in [1.29, 1.82) is 0 Å². The van der Waals surface area contributed by atoms with Crippen molar-refractivity contribution in [3.63, 3.8) is 0 Å². The number of anilines is 1. The number of carbonyl (C=O) groups excluding carboxylic acids is 1. The normalized spacial score (nSPS) is 17.1. The minimum absolute atomic E-state index is 0.177. The summed E-state index contributed by atoms with van der Waals surface area (Å²) in [5.41, 5.74) is 0.745. The Morgan fingerprint density at radius 3 is 2.33 bits per heavy atom. The zero-order chi connectivity index (χ0) is 13.3. The number of piperidine rings is 1. The summed E-state index contributed by atoms with van der Waals surface area (Å²) < 4.78 is 38.0. The molecule has 0 radical (unpaired) electrons. The molecule has 2 rings (SSSR count). The monoisotopic (exact) mass is 257 g/mol. The molecule has 18 heavy (non-hydrogen) atoms. The number of rotatable bonds is 1. The topological polar surface area (TPSA) is 20.3 Å². The molecule has 0 bridgehead atoms. The van der Waals surface area contributed by atoms with E-state index < -0.39 is 11.7 Å². The van der Waals surface area contributed by atoms with E-state index in [1.54, 1.807) is 6.92 Å². The van der Waals surface area contributed by atoms with Gasteiger partial charge >= 0.3 is 6.18 Å². The van der Waals surface area contributed by atoms with Crippen LogP contribution in [0.25, 0.3) is 0 Å². The van der Waals surface area contributed by atoms with Gasteiger partial charge in [-0.3, -0.25) is 4.79 Å². The Bertz CT molecular complexity index is 458. The predicted octanol–water partition coefficient (Wildman–Crippen LogP) is 3.18. The second-order valence-corrected chi connectivity index (χ2v) is 4.52. The first kappa shape index (κ1) is 12.9. The summed E-state index contributed by atoms with van der Waals surface area (Å²) >= 11 is 0. The van der Waals surface area contributed by atoms with E-state index in [9.17, 15) is 18.0 Å². The summed E-state index contributed by atoms with van der Waals surface area (Å²) in [5.74, 6) is 0.177. The maximum Gasteiger partial charge on any atom is 0.416 e. The fourth-order valence-corrected chi connectivity index (χ4v) is 2.12. The van der Waals surface area contributed by atoms with Crippen LogP contribution in [0, 0.1) is 6.92 Å². The summed E-state index contributed by atoms with van der Waals surface area (Å²) in [6.45, 7) is 2.79. The van der Waals surface area contributed by atoms with Crippen molar-refractivity contribution in [1.82, 2.24) is 0 Å². The summed E-state index contributed by atoms with van der Waals surface area (Å²) in [6, 6.07) is 3.74. The Balaban J connectivity index is 2.29. The van der Waals surface area contributed by atoms with Crippen LogP contribution < -0.4 is 4.90 Å². The SMILES string of the molecule is Cc1ccc(C(F)(F)F)cc1N1CCC(=O)CC1. The Hall–Kier alpha value is -1.52. The first-order valence-corrected chi connectivity index (χ1v) is 5.82. The second kappa shape index (κ2) is 4.63. The molecular weight excluding hydrogens is 243 g/mol. The lowest BCUT2D eigenvalue weighted by Crippen LogP contribution is -2.34. The van der Waals surface area contributed by atoms with Gasteiger partial charge in [0, 0.05) is 31.6 Å². The minimum Gasteiger partial charge on any atom is -0.370 e. The number of nitrogens with zero attached hydrogens (tertiary/aromatic N) is 1. The van der Waals surface area contributed by atoms with Gasteiger partial charge in [0.2, 0.25) is 0 Å². The predicted molar refractivity (Wildman–Crippen MR) is 62.6 cm³/mol. The van der Waals surface area contributed by atoms with E-state index >= 15 is 0 Å². The van der Waals surface area contributed by atoms with Crippen LogP contribution >= 0.6 is 0 Å². The molecule has 1 saturated heterocycles. The van der Waals surface area contributed by atoms with Gasteiger partial charge in [0.15, 0.2) is 0 Å². The van der Waals surface area contributed by atoms with Gasteiger partial charge in [-0.1, -0.05) is 6.07 Å². The van der Waals surface area contributed by atoms with Gasteiger partial charge in [-0.05, 0) is 24.6 Å². The number of benzene rings is 1. The molecule has 0 aromatic heterocycles. The van der Waals surface area contributed by atoms with E-state index in [1.165, 1.54) is 12.1 Å². The van der Waals surface area contributed by atoms with Crippen LogP contribution in [-0.2, 0) is 11.0 Å². The minimum atomic E-state index is -4.33. The summed E-state index contributed by atoms with van der Waals surface area (Å²) in [5, 5.41) is 0. The quantitative estimate of drug-likeness (QED) is 0.770. The largest absolute Gasteiger partial charge is 0.416 e. The van der Waals surface area contributed by atoms with Gasteiger partial charge in [0.05, 0.1) is 5.56 Å². The fourth-order valence-electron chi connectivity index (χ4n) is 2.12. The van der Waals surface area contributed by atoms with Gasteiger partial charge in [0.25, 0.3) is 0 Å². The van der Waals surface area contributed by atoms with Crippen molar-refractivity contribution in [3.8, 4) is 0 Å². The highest BCUT2D eigenvalue weighted by atomic mass is 19.4. The van der Waals surface area contributed by atoms with Crippen LogP contribution in [0.1, 0.15) is 24.0 Å². The molecule has 98 valence electrons. The van der Waals surface area contributed by atoms with Crippen LogP contribution in [-0.4, -0.2) is 18.9 Å². The molecule has 0 unspecified atom stereocenters. The molecule has 0 atom stereocenters. The molecule has 1 fully saturated rings. The molecule has 0 N–H and O–H groups in total. The van der Waals surface area contributed by atoms with Crippen LogP contribution in [0.4, 0.5) is 18.9 Å². The van der Waals surface area contributed by atoms with Gasteiger partial charge < -0.3 is 4.90 Å². The fraction of sp³-hybridized carbons (Fsp3) is 0.462. The van der Waals surface area contributed by atoms with Crippen LogP contribution in [0.3, 0.4) is 0 Å². The number of aryl methyl sites for hydroxylation is 1. The summed E-state index contributed by atoms with van der Waals surface area (Å²) in [6.07, 6.45) is -3.50. The molecule has 2 nitrogen and oxygen atoms in total. The Morgan fingerprint density at radius 1 is 1.17 bits per heavy atom. The Kier molecular flexibility index (Phi) is 3.32. The third-order valence-corrected chi connectivity index (χ3v) is 3.20. The molecule has 0 amide bonds. The molecule has 1 aliphatic rings. The van der Waals surface area contributed by atoms with Crippen molar-refractivity contribution >= 4 is 11.5 Å². The molecule has 1 heterocycles. The average molecular weight is 257 g/mol. The highest BCUT2D eigenvalue weighted by molar-refractivity contribution is 5.81. The first-order valence-electron chi connectivity index (χ1n) is 5.82. The van der Waals surface area contributed by atoms with E-state index in [2.05, 4.69) is 0 Å². The van der Waals surface area contributed by atoms with E-state index in [0.29, 0.717) is 31.6 Å². The van der Waals surface area contributed by atoms with Crippen molar-refractivity contribution in [2.24, 2.45) is 0 Å². The summed E-state index contributed by atoms with van der Waals surface area (Å²) in [4.78, 5) is 13.0. The van der Waals surface area contributed by atoms with Gasteiger partial charge in [-0.15, -0.1) is 0 Å². The van der Waals surface area contributed by atoms with E-state index in [0.717, 1.165) is 11.6 Å². The Morgan fingerprint density at radius 2 is 1.78 bits per heavy atom. The van der Waals surface area contributed by atoms with Crippen LogP contribution in [0.2, 0.25) is 0 Å². The van der Waals surface area contributed by atoms with E-state index in [1.807, 2.05) is 4.90 Å². The first-order chi connectivity index (χ1) is 8.38. The number of halogens is 3. The van der Waals surface area contributed by atoms with Crippen LogP contribution in [0.15, 0.2) is 18.2 Å². The van der Waals surface area contributed by atoms with E-state index in [-0.39, 0.29) is 5.78 Å². The molecule has 5 heteroatoms. The van der Waals surface area contributed by atoms with Crippen molar-refractivity contribution in [2.75, 3.05) is 18.0 Å². The highest BCUT2D eigenvalue weighted by Gasteiger charge is 2.31. The van der Waals surface area contributed by atoms with Gasteiger partial charge in [-0.2, -0.15) is 13.2 Å². The lowest BCUT2D eigenvalue weighted by Gasteiger charge is -2.30. The second-order valence-electron chi connectivity index (χ2n) is 4.52. The van der Waals surface area contributed by atoms with Crippen molar-refractivity contribution in [2.45, 2.75) is 25.9 Å². The molecule has 0 aliphatic carbocycles. The van der Waals surface area contributed by atoms with Gasteiger partial charge in [-0.25, -0.2) is 0 Å². The average Bonchev–Trinajstić information content (AvgIpc) is 2.29. The molecule has 1 aliphatic heterocycles. The summed E-state index contributed by atoms with van der Waals surface area (Å²) in [7, 11) is 0. The zero-order valence-electron chi connectivity index (χ0n) is 10.0. The third-order valence-electron chi connectivity index (χ3n) is 3.20. The molecule has 1 aromatic carbocycles. The number of alkyl halides is 3. The van der Waals surface area contributed by atoms with Crippen molar-refractivity contribution in [3.05, 3.63) is 29.3 Å². The van der Waals surface area contributed by atoms with Gasteiger partial charge in [0.1, 0.15) is 5.78 Å². The lowest BCUT2D eigenvalue weighted by molar-refractivity contribution is -0.137. The molecule has 1 aromatic rings. The number of hydrogen-bond donors (Lipinski definition) is 0. The number of Topliss-reactive ketones (excluding diaryl/α,β-unsaturated/α-hetero) is 1. The molecular formula is C13H14F3NO. The standard InChI is InChI=1S/C13H14F3NO/c1-9-2-3-10(13(14,15)16)8-12(9)17-6-4-11(18)5-7-17/h2-3,8H,4-7H2,1H3. The lowest BCUT2D eigenvalue weighted by atomic mass is 10.0. The maximum atomic E-state index is 12.7. The molecule has 0 saturated carbocycles. The maximum absolute atomic E-state index is 12.7. The van der Waals surface area contributed by atoms with Crippen molar-refractivity contribution < 1.29 is 18.0 Å². The Labute approximate surface area is 103 Å². The number of carbonyl (C=O) groups is 1. The van der Waals surface area contributed by atoms with Crippen LogP contribution in [0.5, 0.6) is 0 Å². The third kappa shape index (κ3) is 2.66. The highest BCUT2D eigenvalue weighted by Crippen LogP contribution is 2.33. The number of ketones is 1. The van der Waals surface area contributed by atoms with E-state index in [4.69, 9.17) is 0 Å². The number of hydrogen-bond acceptors (Lipinski definition) is 2. The zero-order valence-corrected chi connectivity index (χ0v) is 10.0. The molecule has 0 spiro atoms. The smallest absolute Gasteiger partial charge is 0.370 e.